The van der Waals surface area contributed by atoms with E-state index in [1.165, 1.54) is 0 Å². The van der Waals surface area contributed by atoms with E-state index in [4.69, 9.17) is 5.11 Å². The van der Waals surface area contributed by atoms with E-state index in [9.17, 15) is 18.0 Å². The van der Waals surface area contributed by atoms with Crippen LogP contribution in [0.1, 0.15) is 6.42 Å². The molecule has 1 heterocycles. The summed E-state index contributed by atoms with van der Waals surface area (Å²) in [4.78, 5) is 10.2. The topological polar surface area (TPSA) is 49.3 Å². The maximum atomic E-state index is 12.0. The van der Waals surface area contributed by atoms with Crippen LogP contribution in [0.3, 0.4) is 0 Å². The number of hydrogen-bond acceptors (Lipinski definition) is 2. The second-order valence-corrected chi connectivity index (χ2v) is 2.77. The molecule has 0 radical (unpaired) electrons. The van der Waals surface area contributed by atoms with E-state index in [-0.39, 0.29) is 25.4 Å². The molecule has 0 amide bonds. The van der Waals surface area contributed by atoms with Crippen molar-refractivity contribution in [1.29, 1.82) is 0 Å². The zero-order valence-corrected chi connectivity index (χ0v) is 7.28. The molecule has 7 heteroatoms. The Morgan fingerprint density at radius 1 is 1.46 bits per heavy atom. The smallest absolute Gasteiger partial charge is 0.393 e. The van der Waals surface area contributed by atoms with Gasteiger partial charge in [0.1, 0.15) is 6.04 Å². The van der Waals surface area contributed by atoms with Crippen molar-refractivity contribution in [3.63, 3.8) is 0 Å². The molecule has 0 bridgehead atoms. The maximum absolute atomic E-state index is 12.0. The highest BCUT2D eigenvalue weighted by Crippen LogP contribution is 2.32. The van der Waals surface area contributed by atoms with E-state index >= 15 is 0 Å². The Labute approximate surface area is 78.7 Å². The van der Waals surface area contributed by atoms with E-state index < -0.39 is 24.1 Å². The van der Waals surface area contributed by atoms with Gasteiger partial charge < -0.3 is 10.4 Å². The van der Waals surface area contributed by atoms with Crippen LogP contribution in [-0.4, -0.2) is 29.8 Å². The first kappa shape index (κ1) is 12.5. The number of carboxylic acid groups (broad SMARTS) is 1. The van der Waals surface area contributed by atoms with E-state index in [0.717, 1.165) is 0 Å². The van der Waals surface area contributed by atoms with Crippen molar-refractivity contribution >= 4 is 18.4 Å². The van der Waals surface area contributed by atoms with Gasteiger partial charge in [0.15, 0.2) is 0 Å². The molecule has 0 unspecified atom stereocenters. The first-order valence-electron chi connectivity index (χ1n) is 3.44. The van der Waals surface area contributed by atoms with Crippen LogP contribution >= 0.6 is 12.4 Å². The fraction of sp³-hybridized carbons (Fsp3) is 0.833. The lowest BCUT2D eigenvalue weighted by atomic mass is 10.1. The van der Waals surface area contributed by atoms with Crippen LogP contribution in [0.4, 0.5) is 13.2 Å². The molecule has 1 saturated heterocycles. The minimum absolute atomic E-state index is 0. The van der Waals surface area contributed by atoms with Gasteiger partial charge >= 0.3 is 12.1 Å². The number of nitrogens with one attached hydrogen (secondary N) is 1. The van der Waals surface area contributed by atoms with Gasteiger partial charge in [0.2, 0.25) is 0 Å². The van der Waals surface area contributed by atoms with Gasteiger partial charge in [0.25, 0.3) is 0 Å². The summed E-state index contributed by atoms with van der Waals surface area (Å²) in [6.45, 7) is -0.291. The lowest BCUT2D eigenvalue weighted by molar-refractivity contribution is -0.169. The Morgan fingerprint density at radius 2 is 2.00 bits per heavy atom. The molecule has 0 aromatic rings. The van der Waals surface area contributed by atoms with Crippen molar-refractivity contribution in [2.24, 2.45) is 5.92 Å². The number of carbonyl (C=O) groups is 1. The summed E-state index contributed by atoms with van der Waals surface area (Å²) < 4.78 is 35.9. The number of hydrogen-bond donors (Lipinski definition) is 2. The fourth-order valence-corrected chi connectivity index (χ4v) is 1.17. The molecule has 1 aliphatic rings. The SMILES string of the molecule is Cl.O=C(O)[C@@H]1C[C@H](C(F)(F)F)CN1. The van der Waals surface area contributed by atoms with Crippen LogP contribution in [-0.2, 0) is 4.79 Å². The van der Waals surface area contributed by atoms with Gasteiger partial charge in [-0.3, -0.25) is 4.79 Å². The van der Waals surface area contributed by atoms with Gasteiger partial charge in [-0.1, -0.05) is 0 Å². The zero-order valence-electron chi connectivity index (χ0n) is 6.47. The van der Waals surface area contributed by atoms with E-state index in [1.54, 1.807) is 0 Å². The van der Waals surface area contributed by atoms with Crippen molar-refractivity contribution in [1.82, 2.24) is 5.32 Å². The van der Waals surface area contributed by atoms with Crippen LogP contribution in [0.2, 0.25) is 0 Å². The molecule has 2 atom stereocenters. The van der Waals surface area contributed by atoms with Crippen molar-refractivity contribution in [2.45, 2.75) is 18.6 Å². The van der Waals surface area contributed by atoms with E-state index in [0.29, 0.717) is 0 Å². The van der Waals surface area contributed by atoms with E-state index in [2.05, 4.69) is 5.32 Å². The lowest BCUT2D eigenvalue weighted by Crippen LogP contribution is -2.30. The first-order valence-corrected chi connectivity index (χ1v) is 3.44. The van der Waals surface area contributed by atoms with Gasteiger partial charge in [-0.05, 0) is 6.42 Å². The Hall–Kier alpha value is -0.490. The monoisotopic (exact) mass is 219 g/mol. The Balaban J connectivity index is 0.00000144. The number of rotatable bonds is 1. The van der Waals surface area contributed by atoms with Crippen molar-refractivity contribution < 1.29 is 23.1 Å². The fourth-order valence-electron chi connectivity index (χ4n) is 1.17. The molecule has 0 aromatic carbocycles. The van der Waals surface area contributed by atoms with Crippen molar-refractivity contribution in [2.75, 3.05) is 6.54 Å². The van der Waals surface area contributed by atoms with Gasteiger partial charge in [0, 0.05) is 6.54 Å². The highest BCUT2D eigenvalue weighted by atomic mass is 35.5. The highest BCUT2D eigenvalue weighted by molar-refractivity contribution is 5.85. The predicted molar refractivity (Wildman–Crippen MR) is 40.8 cm³/mol. The van der Waals surface area contributed by atoms with Crippen LogP contribution in [0.5, 0.6) is 0 Å². The summed E-state index contributed by atoms with van der Waals surface area (Å²) >= 11 is 0. The molecule has 3 nitrogen and oxygen atoms in total. The largest absolute Gasteiger partial charge is 0.480 e. The molecule has 1 fully saturated rings. The van der Waals surface area contributed by atoms with Gasteiger partial charge in [-0.2, -0.15) is 13.2 Å². The van der Waals surface area contributed by atoms with Crippen LogP contribution < -0.4 is 5.32 Å². The molecule has 13 heavy (non-hydrogen) atoms. The number of carboxylic acids is 1. The molecule has 0 aromatic heterocycles. The molecule has 2 N–H and O–H groups in total. The Morgan fingerprint density at radius 3 is 2.23 bits per heavy atom. The minimum atomic E-state index is -4.28. The zero-order chi connectivity index (χ0) is 9.35. The Bertz CT molecular complexity index is 197. The summed E-state index contributed by atoms with van der Waals surface area (Å²) in [5.74, 6) is -2.74. The highest BCUT2D eigenvalue weighted by Gasteiger charge is 2.45. The molecule has 0 spiro atoms. The van der Waals surface area contributed by atoms with Gasteiger partial charge in [0.05, 0.1) is 5.92 Å². The second-order valence-electron chi connectivity index (χ2n) is 2.77. The average Bonchev–Trinajstić information content (AvgIpc) is 2.30. The number of halogens is 4. The van der Waals surface area contributed by atoms with Crippen LogP contribution in [0, 0.1) is 5.92 Å². The maximum Gasteiger partial charge on any atom is 0.393 e. The Kier molecular flexibility index (Phi) is 3.99. The molecular formula is C6H9ClF3NO2. The van der Waals surface area contributed by atoms with Crippen LogP contribution in [0.15, 0.2) is 0 Å². The number of aliphatic carboxylic acids is 1. The second kappa shape index (κ2) is 4.15. The molecule has 1 rings (SSSR count). The predicted octanol–water partition coefficient (Wildman–Crippen LogP) is 1.03. The van der Waals surface area contributed by atoms with Crippen molar-refractivity contribution in [3.05, 3.63) is 0 Å². The molecule has 78 valence electrons. The minimum Gasteiger partial charge on any atom is -0.480 e. The third-order valence-corrected chi connectivity index (χ3v) is 1.89. The van der Waals surface area contributed by atoms with Gasteiger partial charge in [-0.25, -0.2) is 0 Å². The molecule has 0 saturated carbocycles. The normalized spacial score (nSPS) is 28.2. The third-order valence-electron chi connectivity index (χ3n) is 1.89. The third kappa shape index (κ3) is 3.04. The summed E-state index contributed by atoms with van der Waals surface area (Å²) in [5, 5.41) is 10.7. The molecular weight excluding hydrogens is 211 g/mol. The lowest BCUT2D eigenvalue weighted by Gasteiger charge is -2.12. The van der Waals surface area contributed by atoms with Crippen LogP contribution in [0.25, 0.3) is 0 Å². The average molecular weight is 220 g/mol. The summed E-state index contributed by atoms with van der Waals surface area (Å²) in [6.07, 6.45) is -4.64. The summed E-state index contributed by atoms with van der Waals surface area (Å²) in [6, 6.07) is -1.04. The van der Waals surface area contributed by atoms with Crippen molar-refractivity contribution in [3.8, 4) is 0 Å². The molecule has 0 aliphatic carbocycles. The number of alkyl halides is 3. The molecule has 1 aliphatic heterocycles. The standard InChI is InChI=1S/C6H8F3NO2.ClH/c7-6(8,9)3-1-4(5(11)12)10-2-3;/h3-4,10H,1-2H2,(H,11,12);1H/t3-,4-;/m0./s1. The first-order chi connectivity index (χ1) is 5.41. The summed E-state index contributed by atoms with van der Waals surface area (Å²) in [5.41, 5.74) is 0. The summed E-state index contributed by atoms with van der Waals surface area (Å²) in [7, 11) is 0. The van der Waals surface area contributed by atoms with Gasteiger partial charge in [-0.15, -0.1) is 12.4 Å². The van der Waals surface area contributed by atoms with E-state index in [1.807, 2.05) is 0 Å². The quantitative estimate of drug-likeness (QED) is 0.693.